The zero-order valence-corrected chi connectivity index (χ0v) is 20.7. The standard InChI is InChI=1S/C30H46O4/c1-22(31)11-6-4-8-13-25-17-26(14-9-5-7-12-23(2)32)19-27(18-25)15-10-16-28-20-29(33)21-30(34)24(28)3/h10,15-19,22-23,29-34H,3-9,11-14,20-21H2,1-2H3/t22?,23?,29-,30+/m1/s1/i4D,5D,8D,9D/t4?,5?,8?,9?,22?,23?,29-,30+. The molecule has 4 nitrogen and oxygen atoms in total. The van der Waals surface area contributed by atoms with E-state index in [0.29, 0.717) is 50.5 Å². The minimum atomic E-state index is -0.755. The summed E-state index contributed by atoms with van der Waals surface area (Å²) >= 11 is 0. The van der Waals surface area contributed by atoms with Crippen LogP contribution in [-0.4, -0.2) is 44.8 Å². The van der Waals surface area contributed by atoms with Crippen molar-refractivity contribution >= 4 is 6.08 Å². The first-order valence-electron chi connectivity index (χ1n) is 14.8. The molecule has 2 rings (SSSR count). The number of aliphatic hydroxyl groups is 4. The van der Waals surface area contributed by atoms with Crippen LogP contribution in [0, 0.1) is 0 Å². The van der Waals surface area contributed by atoms with Crippen LogP contribution in [0.3, 0.4) is 0 Å². The van der Waals surface area contributed by atoms with Crippen LogP contribution in [0.5, 0.6) is 0 Å². The highest BCUT2D eigenvalue weighted by Crippen LogP contribution is 2.28. The lowest BCUT2D eigenvalue weighted by Crippen LogP contribution is -2.26. The molecule has 0 spiro atoms. The summed E-state index contributed by atoms with van der Waals surface area (Å²) in [6, 6.07) is 5.88. The molecule has 190 valence electrons. The molecule has 1 saturated carbocycles. The van der Waals surface area contributed by atoms with E-state index >= 15 is 0 Å². The van der Waals surface area contributed by atoms with Gasteiger partial charge in [0.2, 0.25) is 0 Å². The van der Waals surface area contributed by atoms with Crippen molar-refractivity contribution in [1.29, 1.82) is 0 Å². The average molecular weight is 475 g/mol. The number of benzene rings is 1. The molecule has 1 aromatic rings. The molecule has 1 fully saturated rings. The topological polar surface area (TPSA) is 80.9 Å². The van der Waals surface area contributed by atoms with Gasteiger partial charge in [-0.05, 0) is 86.6 Å². The maximum atomic E-state index is 10.1. The molecule has 0 heterocycles. The van der Waals surface area contributed by atoms with Crippen LogP contribution in [0.15, 0.2) is 48.1 Å². The first kappa shape index (κ1) is 22.7. The molecule has 0 saturated heterocycles. The largest absolute Gasteiger partial charge is 0.393 e. The zero-order valence-electron chi connectivity index (χ0n) is 24.7. The Kier molecular flexibility index (Phi) is 10.2. The molecule has 0 aromatic heterocycles. The first-order chi connectivity index (χ1) is 17.8. The van der Waals surface area contributed by atoms with E-state index in [1.807, 2.05) is 36.4 Å². The number of aliphatic hydroxyl groups excluding tert-OH is 4. The molecule has 1 aliphatic carbocycles. The molecule has 0 amide bonds. The van der Waals surface area contributed by atoms with Crippen molar-refractivity contribution in [2.45, 2.75) is 115 Å². The summed E-state index contributed by atoms with van der Waals surface area (Å²) in [6.07, 6.45) is 4.02. The normalized spacial score (nSPS) is 27.4. The van der Waals surface area contributed by atoms with E-state index in [-0.39, 0.29) is 6.42 Å². The number of aryl methyl sites for hydroxylation is 2. The second kappa shape index (κ2) is 15.3. The quantitative estimate of drug-likeness (QED) is 0.280. The van der Waals surface area contributed by atoms with E-state index in [0.717, 1.165) is 22.3 Å². The summed E-state index contributed by atoms with van der Waals surface area (Å²) in [6.45, 7) is 7.31. The average Bonchev–Trinajstić information content (AvgIpc) is 2.83. The summed E-state index contributed by atoms with van der Waals surface area (Å²) in [5, 5.41) is 39.1. The highest BCUT2D eigenvalue weighted by atomic mass is 16.3. The van der Waals surface area contributed by atoms with Crippen molar-refractivity contribution in [2.75, 3.05) is 0 Å². The molecule has 1 aliphatic rings. The Hall–Kier alpha value is -1.72. The predicted octanol–water partition coefficient (Wildman–Crippen LogP) is 5.67. The minimum Gasteiger partial charge on any atom is -0.393 e. The number of rotatable bonds is 14. The van der Waals surface area contributed by atoms with Gasteiger partial charge in [0, 0.05) is 11.9 Å². The molecule has 1 aromatic carbocycles. The molecule has 4 N–H and O–H groups in total. The Morgan fingerprint density at radius 2 is 1.53 bits per heavy atom. The van der Waals surface area contributed by atoms with Crippen LogP contribution in [0.1, 0.15) is 100 Å². The van der Waals surface area contributed by atoms with Gasteiger partial charge in [-0.2, -0.15) is 0 Å². The van der Waals surface area contributed by atoms with Crippen LogP contribution < -0.4 is 0 Å². The first-order valence-corrected chi connectivity index (χ1v) is 12.5. The predicted molar refractivity (Wildman–Crippen MR) is 142 cm³/mol. The highest BCUT2D eigenvalue weighted by Gasteiger charge is 2.24. The van der Waals surface area contributed by atoms with E-state index in [2.05, 4.69) is 6.58 Å². The van der Waals surface area contributed by atoms with Gasteiger partial charge in [0.1, 0.15) is 0 Å². The summed E-state index contributed by atoms with van der Waals surface area (Å²) in [5.74, 6) is 0. The van der Waals surface area contributed by atoms with E-state index in [4.69, 9.17) is 5.48 Å². The molecular formula is C30H46O4. The highest BCUT2D eigenvalue weighted by molar-refractivity contribution is 5.55. The van der Waals surface area contributed by atoms with Gasteiger partial charge in [-0.3, -0.25) is 0 Å². The molecule has 6 unspecified atom stereocenters. The second-order valence-electron chi connectivity index (χ2n) is 9.47. The van der Waals surface area contributed by atoms with E-state index in [1.54, 1.807) is 13.8 Å². The lowest BCUT2D eigenvalue weighted by molar-refractivity contribution is 0.0862. The van der Waals surface area contributed by atoms with Gasteiger partial charge >= 0.3 is 0 Å². The molecule has 0 bridgehead atoms. The minimum absolute atomic E-state index is 0.288. The maximum Gasteiger partial charge on any atom is 0.0811 e. The Bertz CT molecular complexity index is 902. The Labute approximate surface area is 212 Å². The zero-order chi connectivity index (χ0) is 28.4. The van der Waals surface area contributed by atoms with Crippen molar-refractivity contribution < 1.29 is 25.9 Å². The summed E-state index contributed by atoms with van der Waals surface area (Å²) in [4.78, 5) is 0. The molecule has 0 radical (unpaired) electrons. The van der Waals surface area contributed by atoms with Crippen LogP contribution in [-0.2, 0) is 12.8 Å². The molecule has 0 aliphatic heterocycles. The van der Waals surface area contributed by atoms with Crippen molar-refractivity contribution in [3.05, 3.63) is 64.8 Å². The van der Waals surface area contributed by atoms with Gasteiger partial charge < -0.3 is 20.4 Å². The fourth-order valence-corrected chi connectivity index (χ4v) is 4.01. The second-order valence-corrected chi connectivity index (χ2v) is 9.47. The third-order valence-corrected chi connectivity index (χ3v) is 5.97. The molecular weight excluding hydrogens is 424 g/mol. The summed E-state index contributed by atoms with van der Waals surface area (Å²) < 4.78 is 33.6. The summed E-state index contributed by atoms with van der Waals surface area (Å²) in [5.41, 5.74) is 4.05. The van der Waals surface area contributed by atoms with Crippen molar-refractivity contribution in [3.63, 3.8) is 0 Å². The van der Waals surface area contributed by atoms with Crippen LogP contribution in [0.4, 0.5) is 0 Å². The van der Waals surface area contributed by atoms with E-state index in [1.165, 1.54) is 0 Å². The molecule has 34 heavy (non-hydrogen) atoms. The van der Waals surface area contributed by atoms with Gasteiger partial charge in [0.15, 0.2) is 0 Å². The van der Waals surface area contributed by atoms with Gasteiger partial charge in [0.25, 0.3) is 0 Å². The van der Waals surface area contributed by atoms with Crippen LogP contribution in [0.2, 0.25) is 0 Å². The molecule has 8 atom stereocenters. The van der Waals surface area contributed by atoms with Crippen LogP contribution in [0.25, 0.3) is 6.08 Å². The fraction of sp³-hybridized carbons (Fsp3) is 0.600. The van der Waals surface area contributed by atoms with Gasteiger partial charge in [-0.1, -0.05) is 68.6 Å². The molecule has 4 heteroatoms. The number of allylic oxidation sites excluding steroid dienone is 2. The summed E-state index contributed by atoms with van der Waals surface area (Å²) in [7, 11) is 0. The van der Waals surface area contributed by atoms with Gasteiger partial charge in [0.05, 0.1) is 24.4 Å². The van der Waals surface area contributed by atoms with Gasteiger partial charge in [-0.25, -0.2) is 0 Å². The fourth-order valence-electron chi connectivity index (χ4n) is 4.01. The lowest BCUT2D eigenvalue weighted by Gasteiger charge is -2.26. The SMILES string of the molecule is [2H]C(CCC(C)O)C([2H])Cc1cc(C=CC=C2C[C@@H](O)C[C@H](O)C2=C)cc(CC([2H])C([2H])CCC(C)O)c1. The van der Waals surface area contributed by atoms with Gasteiger partial charge in [-0.15, -0.1) is 0 Å². The van der Waals surface area contributed by atoms with Crippen LogP contribution >= 0.6 is 0 Å². The maximum absolute atomic E-state index is 10.1. The lowest BCUT2D eigenvalue weighted by atomic mass is 9.86. The van der Waals surface area contributed by atoms with Crippen molar-refractivity contribution in [3.8, 4) is 0 Å². The number of hydrogen-bond donors (Lipinski definition) is 4. The van der Waals surface area contributed by atoms with Crippen molar-refractivity contribution in [1.82, 2.24) is 0 Å². The monoisotopic (exact) mass is 474 g/mol. The van der Waals surface area contributed by atoms with Crippen molar-refractivity contribution in [2.24, 2.45) is 0 Å². The van der Waals surface area contributed by atoms with E-state index < -0.39 is 50.0 Å². The smallest absolute Gasteiger partial charge is 0.0811 e. The Balaban J connectivity index is 2.24. The third kappa shape index (κ3) is 11.1. The third-order valence-electron chi connectivity index (χ3n) is 5.97. The Morgan fingerprint density at radius 1 is 0.971 bits per heavy atom. The number of hydrogen-bond acceptors (Lipinski definition) is 4. The Morgan fingerprint density at radius 3 is 2.06 bits per heavy atom. The van der Waals surface area contributed by atoms with E-state index in [9.17, 15) is 20.4 Å².